The van der Waals surface area contributed by atoms with E-state index in [4.69, 9.17) is 15.2 Å². The minimum Gasteiger partial charge on any atom is -0.466 e. The van der Waals surface area contributed by atoms with Gasteiger partial charge in [0.25, 0.3) is 11.4 Å². The van der Waals surface area contributed by atoms with E-state index in [1.54, 1.807) is 13.0 Å². The fourth-order valence-electron chi connectivity index (χ4n) is 2.64. The van der Waals surface area contributed by atoms with Crippen molar-refractivity contribution in [2.45, 2.75) is 6.92 Å². The quantitative estimate of drug-likeness (QED) is 0.458. The fraction of sp³-hybridized carbons (Fsp3) is 0.200. The second-order valence-corrected chi connectivity index (χ2v) is 6.42. The molecule has 0 aliphatic heterocycles. The summed E-state index contributed by atoms with van der Waals surface area (Å²) < 4.78 is 32.0. The zero-order valence-electron chi connectivity index (χ0n) is 16.9. The highest BCUT2D eigenvalue weighted by atomic mass is 19.1. The van der Waals surface area contributed by atoms with Gasteiger partial charge in [0, 0.05) is 37.1 Å². The Kier molecular flexibility index (Phi) is 6.05. The maximum absolute atomic E-state index is 14.6. The summed E-state index contributed by atoms with van der Waals surface area (Å²) in [4.78, 5) is 40.3. The Morgan fingerprint density at radius 2 is 1.97 bits per heavy atom. The number of hydrogen-bond donors (Lipinski definition) is 1. The van der Waals surface area contributed by atoms with Crippen molar-refractivity contribution >= 4 is 11.7 Å². The third kappa shape index (κ3) is 4.39. The Hall–Kier alpha value is -4.15. The Bertz CT molecular complexity index is 1270. The van der Waals surface area contributed by atoms with E-state index in [0.717, 1.165) is 12.1 Å². The number of aromatic nitrogens is 3. The number of nitrogens with two attached hydrogens (primary N) is 1. The van der Waals surface area contributed by atoms with Gasteiger partial charge in [0.05, 0.1) is 18.5 Å². The van der Waals surface area contributed by atoms with Crippen LogP contribution in [-0.2, 0) is 16.6 Å². The van der Waals surface area contributed by atoms with Gasteiger partial charge >= 0.3 is 11.7 Å². The van der Waals surface area contributed by atoms with Gasteiger partial charge in [0.15, 0.2) is 18.1 Å². The van der Waals surface area contributed by atoms with E-state index in [1.165, 1.54) is 37.1 Å². The third-order valence-corrected chi connectivity index (χ3v) is 4.39. The van der Waals surface area contributed by atoms with Crippen molar-refractivity contribution < 1.29 is 23.4 Å². The van der Waals surface area contributed by atoms with Crippen molar-refractivity contribution in [1.29, 1.82) is 0 Å². The average molecular weight is 430 g/mol. The largest absolute Gasteiger partial charge is 0.466 e. The number of hydrogen-bond acceptors (Lipinski definition) is 8. The molecular weight excluding hydrogens is 411 g/mol. The lowest BCUT2D eigenvalue weighted by molar-refractivity contribution is -0.143. The van der Waals surface area contributed by atoms with Crippen LogP contribution < -0.4 is 26.5 Å². The molecule has 10 nitrogen and oxygen atoms in total. The van der Waals surface area contributed by atoms with Crippen LogP contribution in [0.3, 0.4) is 0 Å². The van der Waals surface area contributed by atoms with Crippen molar-refractivity contribution in [2.75, 3.05) is 19.5 Å². The summed E-state index contributed by atoms with van der Waals surface area (Å²) in [6.45, 7) is 1.17. The number of benzene rings is 1. The molecule has 0 radical (unpaired) electrons. The molecule has 2 heterocycles. The molecule has 3 rings (SSSR count). The molecule has 0 saturated carbocycles. The number of halogens is 1. The number of rotatable bonds is 6. The van der Waals surface area contributed by atoms with E-state index in [9.17, 15) is 18.8 Å². The number of nitrogens with zero attached hydrogens (tertiary/aromatic N) is 3. The van der Waals surface area contributed by atoms with Crippen LogP contribution in [0.1, 0.15) is 5.69 Å². The number of ether oxygens (including phenoxy) is 3. The minimum absolute atomic E-state index is 0.0402. The van der Waals surface area contributed by atoms with Crippen LogP contribution in [-0.4, -0.2) is 33.8 Å². The van der Waals surface area contributed by atoms with Crippen LogP contribution in [0.4, 0.5) is 10.1 Å². The predicted octanol–water partition coefficient (Wildman–Crippen LogP) is 1.31. The number of anilines is 1. The first-order valence-corrected chi connectivity index (χ1v) is 8.94. The molecule has 0 fully saturated rings. The van der Waals surface area contributed by atoms with Crippen molar-refractivity contribution in [3.05, 3.63) is 68.9 Å². The maximum Gasteiger partial charge on any atom is 0.343 e. The van der Waals surface area contributed by atoms with Gasteiger partial charge < -0.3 is 24.5 Å². The number of methoxy groups -OCH3 is 1. The van der Waals surface area contributed by atoms with Gasteiger partial charge in [-0.05, 0) is 19.1 Å². The summed E-state index contributed by atoms with van der Waals surface area (Å²) in [7, 11) is 2.67. The first-order chi connectivity index (χ1) is 14.7. The molecule has 0 amide bonds. The summed E-state index contributed by atoms with van der Waals surface area (Å²) in [6, 6.07) is 6.29. The predicted molar refractivity (Wildman–Crippen MR) is 108 cm³/mol. The van der Waals surface area contributed by atoms with E-state index < -0.39 is 29.6 Å². The van der Waals surface area contributed by atoms with Gasteiger partial charge in [-0.2, -0.15) is 0 Å². The van der Waals surface area contributed by atoms with Crippen molar-refractivity contribution in [2.24, 2.45) is 7.05 Å². The highest BCUT2D eigenvalue weighted by molar-refractivity contribution is 5.71. The molecule has 0 aliphatic carbocycles. The lowest BCUT2D eigenvalue weighted by Crippen LogP contribution is -2.38. The normalized spacial score (nSPS) is 10.6. The molecular formula is C20H19FN4O6. The van der Waals surface area contributed by atoms with Crippen molar-refractivity contribution in [1.82, 2.24) is 14.1 Å². The molecule has 162 valence electrons. The molecule has 11 heteroatoms. The highest BCUT2D eigenvalue weighted by Gasteiger charge is 2.18. The topological polar surface area (TPSA) is 128 Å². The van der Waals surface area contributed by atoms with Crippen LogP contribution in [0.2, 0.25) is 0 Å². The first kappa shape index (κ1) is 21.6. The summed E-state index contributed by atoms with van der Waals surface area (Å²) >= 11 is 0. The number of carbonyl (C=O) groups excluding carboxylic acids is 1. The van der Waals surface area contributed by atoms with Gasteiger partial charge in [0.1, 0.15) is 5.82 Å². The fourth-order valence-corrected chi connectivity index (χ4v) is 2.64. The van der Waals surface area contributed by atoms with Gasteiger partial charge in [-0.1, -0.05) is 0 Å². The van der Waals surface area contributed by atoms with Gasteiger partial charge in [-0.15, -0.1) is 0 Å². The molecule has 0 atom stereocenters. The smallest absolute Gasteiger partial charge is 0.343 e. The molecule has 2 N–H and O–H groups in total. The summed E-state index contributed by atoms with van der Waals surface area (Å²) in [5.74, 6) is -1.54. The molecule has 3 aromatic rings. The summed E-state index contributed by atoms with van der Waals surface area (Å²) in [6.07, 6.45) is 1.41. The summed E-state index contributed by atoms with van der Waals surface area (Å²) in [5, 5.41) is 0. The molecule has 2 aromatic heterocycles. The van der Waals surface area contributed by atoms with E-state index in [1.807, 2.05) is 0 Å². The molecule has 0 saturated heterocycles. The molecule has 31 heavy (non-hydrogen) atoms. The van der Waals surface area contributed by atoms with Crippen LogP contribution in [0, 0.1) is 12.7 Å². The molecule has 0 unspecified atom stereocenters. The van der Waals surface area contributed by atoms with Crippen molar-refractivity contribution in [3.8, 4) is 23.1 Å². The number of esters is 1. The monoisotopic (exact) mass is 430 g/mol. The Balaban J connectivity index is 2.05. The van der Waals surface area contributed by atoms with E-state index >= 15 is 0 Å². The second kappa shape index (κ2) is 8.69. The Labute approximate surface area is 175 Å². The lowest BCUT2D eigenvalue weighted by atomic mass is 10.2. The van der Waals surface area contributed by atoms with Gasteiger partial charge in [-0.25, -0.2) is 23.5 Å². The van der Waals surface area contributed by atoms with Gasteiger partial charge in [-0.3, -0.25) is 4.79 Å². The second-order valence-electron chi connectivity index (χ2n) is 6.42. The average Bonchev–Trinajstić information content (AvgIpc) is 2.74. The number of nitrogen functional groups attached to an aromatic ring is 1. The highest BCUT2D eigenvalue weighted by Crippen LogP contribution is 2.34. The Morgan fingerprint density at radius 3 is 2.68 bits per heavy atom. The zero-order chi connectivity index (χ0) is 22.7. The Morgan fingerprint density at radius 1 is 1.23 bits per heavy atom. The zero-order valence-corrected chi connectivity index (χ0v) is 16.9. The third-order valence-electron chi connectivity index (χ3n) is 4.39. The van der Waals surface area contributed by atoms with Crippen LogP contribution >= 0.6 is 0 Å². The van der Waals surface area contributed by atoms with E-state index in [-0.39, 0.29) is 28.8 Å². The number of aryl methyl sites for hydroxylation is 1. The van der Waals surface area contributed by atoms with Crippen LogP contribution in [0.5, 0.6) is 17.4 Å². The molecule has 1 aromatic carbocycles. The minimum atomic E-state index is -0.888. The van der Waals surface area contributed by atoms with E-state index in [0.29, 0.717) is 10.3 Å². The summed E-state index contributed by atoms with van der Waals surface area (Å²) in [5.41, 5.74) is 4.41. The molecule has 0 aliphatic rings. The number of carbonyl (C=O) groups is 1. The van der Waals surface area contributed by atoms with Crippen LogP contribution in [0.25, 0.3) is 5.69 Å². The first-order valence-electron chi connectivity index (χ1n) is 8.94. The van der Waals surface area contributed by atoms with Crippen LogP contribution in [0.15, 0.2) is 46.1 Å². The molecule has 0 bridgehead atoms. The van der Waals surface area contributed by atoms with Crippen molar-refractivity contribution in [3.63, 3.8) is 0 Å². The van der Waals surface area contributed by atoms with E-state index in [2.05, 4.69) is 9.72 Å². The standard InChI is InChI=1S/C20H19FN4O6/c1-11-7-17(26)25(20(28)24(11)2)14-9-16(13(22)8-12(14)21)31-15-5-4-6-23-19(15)30-10-18(27)29-3/h4-9H,10,22H2,1-3H3. The SMILES string of the molecule is COC(=O)COc1ncccc1Oc1cc(-n2c(=O)cc(C)n(C)c2=O)c(F)cc1N. The molecule has 0 spiro atoms. The maximum atomic E-state index is 14.6. The lowest BCUT2D eigenvalue weighted by Gasteiger charge is -2.15. The number of pyridine rings is 1. The van der Waals surface area contributed by atoms with Gasteiger partial charge in [0.2, 0.25) is 0 Å².